The molecule has 0 saturated carbocycles. The Kier molecular flexibility index (Phi) is 4.02. The highest BCUT2D eigenvalue weighted by Crippen LogP contribution is 2.21. The molecule has 1 atom stereocenters. The van der Waals surface area contributed by atoms with E-state index in [4.69, 9.17) is 11.6 Å². The molecule has 0 bridgehead atoms. The Morgan fingerprint density at radius 1 is 1.18 bits per heavy atom. The van der Waals surface area contributed by atoms with Crippen molar-refractivity contribution in [2.45, 2.75) is 13.0 Å². The molecule has 4 nitrogen and oxygen atoms in total. The number of aromatic nitrogens is 2. The average molecular weight is 312 g/mol. The number of carbonyl (C=O) groups is 1. The lowest BCUT2D eigenvalue weighted by molar-refractivity contribution is 0.0940. The molecule has 0 radical (unpaired) electrons. The number of benzene rings is 1. The lowest BCUT2D eigenvalue weighted by Crippen LogP contribution is -2.27. The van der Waals surface area contributed by atoms with E-state index in [2.05, 4.69) is 15.3 Å². The van der Waals surface area contributed by atoms with Gasteiger partial charge in [-0.1, -0.05) is 35.9 Å². The molecule has 0 aliphatic rings. The normalized spacial score (nSPS) is 12.1. The van der Waals surface area contributed by atoms with Crippen LogP contribution < -0.4 is 5.32 Å². The molecule has 5 heteroatoms. The molecule has 1 N–H and O–H groups in total. The minimum absolute atomic E-state index is 0.195. The first-order valence-corrected chi connectivity index (χ1v) is 7.30. The zero-order chi connectivity index (χ0) is 15.5. The molecule has 110 valence electrons. The van der Waals surface area contributed by atoms with Crippen LogP contribution in [0.3, 0.4) is 0 Å². The summed E-state index contributed by atoms with van der Waals surface area (Å²) in [5.74, 6) is -0.196. The summed E-state index contributed by atoms with van der Waals surface area (Å²) < 4.78 is 0. The number of halogens is 1. The number of hydrogen-bond acceptors (Lipinski definition) is 3. The molecule has 0 aliphatic heterocycles. The number of fused-ring (bicyclic) bond motifs is 1. The fourth-order valence-electron chi connectivity index (χ4n) is 2.31. The van der Waals surface area contributed by atoms with Gasteiger partial charge >= 0.3 is 0 Å². The smallest absolute Gasteiger partial charge is 0.252 e. The maximum Gasteiger partial charge on any atom is 0.252 e. The van der Waals surface area contributed by atoms with Crippen LogP contribution >= 0.6 is 11.6 Å². The highest BCUT2D eigenvalue weighted by Gasteiger charge is 2.15. The van der Waals surface area contributed by atoms with Crippen LogP contribution in [0, 0.1) is 0 Å². The van der Waals surface area contributed by atoms with Crippen molar-refractivity contribution in [3.63, 3.8) is 0 Å². The van der Waals surface area contributed by atoms with Crippen molar-refractivity contribution in [3.8, 4) is 0 Å². The van der Waals surface area contributed by atoms with Crippen molar-refractivity contribution >= 4 is 28.4 Å². The third-order valence-corrected chi connectivity index (χ3v) is 3.60. The number of rotatable bonds is 3. The first-order valence-electron chi connectivity index (χ1n) is 6.92. The lowest BCUT2D eigenvalue weighted by atomic mass is 10.1. The molecule has 0 spiro atoms. The first-order chi connectivity index (χ1) is 10.6. The van der Waals surface area contributed by atoms with Crippen LogP contribution in [0.2, 0.25) is 5.15 Å². The van der Waals surface area contributed by atoms with Gasteiger partial charge in [0.15, 0.2) is 0 Å². The highest BCUT2D eigenvalue weighted by molar-refractivity contribution is 6.30. The Hall–Kier alpha value is -2.46. The van der Waals surface area contributed by atoms with Crippen LogP contribution in [-0.4, -0.2) is 15.9 Å². The van der Waals surface area contributed by atoms with Crippen molar-refractivity contribution in [1.82, 2.24) is 15.3 Å². The molecule has 0 fully saturated rings. The SMILES string of the molecule is C[C@@H](NC(=O)c1cc(Cl)nc2ccccc12)c1ccccn1. The number of carbonyl (C=O) groups excluding carboxylic acids is 1. The van der Waals surface area contributed by atoms with E-state index in [0.717, 1.165) is 11.1 Å². The summed E-state index contributed by atoms with van der Waals surface area (Å²) in [7, 11) is 0. The maximum atomic E-state index is 12.6. The van der Waals surface area contributed by atoms with Crippen LogP contribution in [0.15, 0.2) is 54.7 Å². The van der Waals surface area contributed by atoms with Crippen molar-refractivity contribution in [2.24, 2.45) is 0 Å². The van der Waals surface area contributed by atoms with Crippen LogP contribution in [0.25, 0.3) is 10.9 Å². The van der Waals surface area contributed by atoms with Gasteiger partial charge < -0.3 is 5.32 Å². The molecule has 2 aromatic heterocycles. The van der Waals surface area contributed by atoms with Crippen LogP contribution in [0.1, 0.15) is 29.0 Å². The van der Waals surface area contributed by atoms with Gasteiger partial charge in [-0.05, 0) is 31.2 Å². The van der Waals surface area contributed by atoms with Crippen LogP contribution in [0.5, 0.6) is 0 Å². The summed E-state index contributed by atoms with van der Waals surface area (Å²) in [5, 5.41) is 4.02. The molecular weight excluding hydrogens is 298 g/mol. The van der Waals surface area contributed by atoms with Gasteiger partial charge in [0.05, 0.1) is 22.8 Å². The number of hydrogen-bond donors (Lipinski definition) is 1. The number of nitrogens with zero attached hydrogens (tertiary/aromatic N) is 2. The topological polar surface area (TPSA) is 54.9 Å². The van der Waals surface area contributed by atoms with E-state index in [1.54, 1.807) is 12.3 Å². The van der Waals surface area contributed by atoms with Gasteiger partial charge in [0.2, 0.25) is 0 Å². The summed E-state index contributed by atoms with van der Waals surface area (Å²) in [6, 6.07) is 14.4. The van der Waals surface area contributed by atoms with Gasteiger partial charge in [-0.3, -0.25) is 9.78 Å². The van der Waals surface area contributed by atoms with Gasteiger partial charge in [-0.25, -0.2) is 4.98 Å². The van der Waals surface area contributed by atoms with E-state index in [1.807, 2.05) is 49.4 Å². The summed E-state index contributed by atoms with van der Waals surface area (Å²) in [4.78, 5) is 21.1. The monoisotopic (exact) mass is 311 g/mol. The standard InChI is InChI=1S/C17H14ClN3O/c1-11(14-7-4-5-9-19-14)20-17(22)13-10-16(18)21-15-8-3-2-6-12(13)15/h2-11H,1H3,(H,20,22)/t11-/m1/s1. The lowest BCUT2D eigenvalue weighted by Gasteiger charge is -2.14. The van der Waals surface area contributed by atoms with Crippen LogP contribution in [0.4, 0.5) is 0 Å². The molecule has 1 aromatic carbocycles. The summed E-state index contributed by atoms with van der Waals surface area (Å²) in [6.45, 7) is 1.89. The first kappa shape index (κ1) is 14.5. The van der Waals surface area contributed by atoms with Crippen molar-refractivity contribution in [2.75, 3.05) is 0 Å². The van der Waals surface area contributed by atoms with E-state index in [0.29, 0.717) is 16.2 Å². The zero-order valence-corrected chi connectivity index (χ0v) is 12.7. The Bertz CT molecular complexity index is 821. The third kappa shape index (κ3) is 2.92. The van der Waals surface area contributed by atoms with Crippen molar-refractivity contribution in [1.29, 1.82) is 0 Å². The van der Waals surface area contributed by atoms with E-state index in [1.165, 1.54) is 0 Å². The predicted octanol–water partition coefficient (Wildman–Crippen LogP) is 3.77. The van der Waals surface area contributed by atoms with Gasteiger partial charge in [-0.2, -0.15) is 0 Å². The Labute approximate surface area is 133 Å². The molecular formula is C17H14ClN3O. The van der Waals surface area contributed by atoms with E-state index in [9.17, 15) is 4.79 Å². The quantitative estimate of drug-likeness (QED) is 0.749. The molecule has 3 rings (SSSR count). The third-order valence-electron chi connectivity index (χ3n) is 3.41. The van der Waals surface area contributed by atoms with Crippen molar-refractivity contribution < 1.29 is 4.79 Å². The Balaban J connectivity index is 1.93. The molecule has 1 amide bonds. The minimum atomic E-state index is -0.196. The van der Waals surface area contributed by atoms with E-state index < -0.39 is 0 Å². The highest BCUT2D eigenvalue weighted by atomic mass is 35.5. The largest absolute Gasteiger partial charge is 0.344 e. The minimum Gasteiger partial charge on any atom is -0.344 e. The molecule has 0 aliphatic carbocycles. The second-order valence-corrected chi connectivity index (χ2v) is 5.35. The molecule has 2 heterocycles. The van der Waals surface area contributed by atoms with Crippen molar-refractivity contribution in [3.05, 3.63) is 71.1 Å². The molecule has 0 unspecified atom stereocenters. The second kappa shape index (κ2) is 6.12. The molecule has 22 heavy (non-hydrogen) atoms. The Morgan fingerprint density at radius 2 is 1.95 bits per heavy atom. The predicted molar refractivity (Wildman–Crippen MR) is 86.9 cm³/mol. The summed E-state index contributed by atoms with van der Waals surface area (Å²) >= 11 is 6.02. The van der Waals surface area contributed by atoms with E-state index in [-0.39, 0.29) is 11.9 Å². The van der Waals surface area contributed by atoms with Gasteiger partial charge in [-0.15, -0.1) is 0 Å². The van der Waals surface area contributed by atoms with E-state index >= 15 is 0 Å². The summed E-state index contributed by atoms with van der Waals surface area (Å²) in [6.07, 6.45) is 1.71. The van der Waals surface area contributed by atoms with Gasteiger partial charge in [0.25, 0.3) is 5.91 Å². The fraction of sp³-hybridized carbons (Fsp3) is 0.118. The Morgan fingerprint density at radius 3 is 2.73 bits per heavy atom. The number of amides is 1. The average Bonchev–Trinajstić information content (AvgIpc) is 2.54. The number of para-hydroxylation sites is 1. The molecule has 3 aromatic rings. The van der Waals surface area contributed by atoms with Gasteiger partial charge in [0, 0.05) is 11.6 Å². The zero-order valence-electron chi connectivity index (χ0n) is 12.0. The molecule has 0 saturated heterocycles. The summed E-state index contributed by atoms with van der Waals surface area (Å²) in [5.41, 5.74) is 2.02. The maximum absolute atomic E-state index is 12.6. The van der Waals surface area contributed by atoms with Gasteiger partial charge in [0.1, 0.15) is 5.15 Å². The number of pyridine rings is 2. The van der Waals surface area contributed by atoms with Crippen LogP contribution in [-0.2, 0) is 0 Å². The second-order valence-electron chi connectivity index (χ2n) is 4.96. The number of nitrogens with one attached hydrogen (secondary N) is 1. The fourth-order valence-corrected chi connectivity index (χ4v) is 2.51.